The molecular formula is C13H20ClN5O. The Kier molecular flexibility index (Phi) is 4.21. The van der Waals surface area contributed by atoms with Crippen molar-refractivity contribution < 1.29 is 4.74 Å². The molecule has 20 heavy (non-hydrogen) atoms. The average Bonchev–Trinajstić information content (AvgIpc) is 3.00. The standard InChI is InChI=1S/C13H20ClN5O/c1-20-13-17-11(14)16-12(18-13)19-8-3-2-6-10(19)9-5-4-7-15-9/h9-10,15H,2-8H2,1H3. The molecule has 110 valence electrons. The first kappa shape index (κ1) is 13.8. The van der Waals surface area contributed by atoms with Gasteiger partial charge in [-0.25, -0.2) is 0 Å². The minimum Gasteiger partial charge on any atom is -0.467 e. The summed E-state index contributed by atoms with van der Waals surface area (Å²) in [5.41, 5.74) is 0. The van der Waals surface area contributed by atoms with Crippen molar-refractivity contribution in [2.24, 2.45) is 0 Å². The predicted molar refractivity (Wildman–Crippen MR) is 77.4 cm³/mol. The van der Waals surface area contributed by atoms with Crippen LogP contribution in [-0.4, -0.2) is 47.2 Å². The van der Waals surface area contributed by atoms with Crippen LogP contribution in [0.25, 0.3) is 0 Å². The van der Waals surface area contributed by atoms with Gasteiger partial charge in [0.15, 0.2) is 0 Å². The Morgan fingerprint density at radius 3 is 2.85 bits per heavy atom. The highest BCUT2D eigenvalue weighted by atomic mass is 35.5. The molecular weight excluding hydrogens is 278 g/mol. The van der Waals surface area contributed by atoms with Crippen molar-refractivity contribution in [2.45, 2.75) is 44.2 Å². The van der Waals surface area contributed by atoms with Crippen LogP contribution in [0, 0.1) is 0 Å². The number of hydrogen-bond acceptors (Lipinski definition) is 6. The summed E-state index contributed by atoms with van der Waals surface area (Å²) in [6.07, 6.45) is 6.06. The van der Waals surface area contributed by atoms with Crippen LogP contribution < -0.4 is 15.0 Å². The molecule has 0 radical (unpaired) electrons. The molecule has 0 spiro atoms. The van der Waals surface area contributed by atoms with Gasteiger partial charge in [0, 0.05) is 18.6 Å². The molecule has 1 aromatic rings. The number of aromatic nitrogens is 3. The Balaban J connectivity index is 1.86. The van der Waals surface area contributed by atoms with E-state index in [1.807, 2.05) is 0 Å². The lowest BCUT2D eigenvalue weighted by Crippen LogP contribution is -2.51. The third-order valence-electron chi connectivity index (χ3n) is 4.13. The fourth-order valence-electron chi connectivity index (χ4n) is 3.21. The molecule has 1 aromatic heterocycles. The third kappa shape index (κ3) is 2.81. The molecule has 1 N–H and O–H groups in total. The van der Waals surface area contributed by atoms with Gasteiger partial charge in [0.2, 0.25) is 11.2 Å². The number of rotatable bonds is 3. The molecule has 2 fully saturated rings. The molecule has 2 saturated heterocycles. The van der Waals surface area contributed by atoms with Crippen molar-refractivity contribution in [1.29, 1.82) is 0 Å². The number of anilines is 1. The zero-order chi connectivity index (χ0) is 13.9. The zero-order valence-electron chi connectivity index (χ0n) is 11.7. The van der Waals surface area contributed by atoms with Crippen LogP contribution in [0.1, 0.15) is 32.1 Å². The lowest BCUT2D eigenvalue weighted by atomic mass is 9.95. The normalized spacial score (nSPS) is 26.8. The second-order valence-corrected chi connectivity index (χ2v) is 5.69. The van der Waals surface area contributed by atoms with Gasteiger partial charge in [-0.05, 0) is 50.2 Å². The molecule has 0 saturated carbocycles. The summed E-state index contributed by atoms with van der Waals surface area (Å²) < 4.78 is 5.10. The predicted octanol–water partition coefficient (Wildman–Crippen LogP) is 1.64. The van der Waals surface area contributed by atoms with E-state index >= 15 is 0 Å². The first-order valence-corrected chi connectivity index (χ1v) is 7.61. The van der Waals surface area contributed by atoms with E-state index in [0.29, 0.717) is 18.0 Å². The van der Waals surface area contributed by atoms with Gasteiger partial charge < -0.3 is 15.0 Å². The number of nitrogens with zero attached hydrogens (tertiary/aromatic N) is 4. The summed E-state index contributed by atoms with van der Waals surface area (Å²) in [6.45, 7) is 2.07. The topological polar surface area (TPSA) is 63.2 Å². The van der Waals surface area contributed by atoms with Gasteiger partial charge in [-0.15, -0.1) is 0 Å². The summed E-state index contributed by atoms with van der Waals surface area (Å²) in [5, 5.41) is 3.78. The Hall–Kier alpha value is -1.14. The lowest BCUT2D eigenvalue weighted by Gasteiger charge is -2.39. The molecule has 0 bridgehead atoms. The molecule has 0 aromatic carbocycles. The van der Waals surface area contributed by atoms with Gasteiger partial charge >= 0.3 is 6.01 Å². The first-order chi connectivity index (χ1) is 9.78. The summed E-state index contributed by atoms with van der Waals surface area (Å²) in [7, 11) is 1.54. The van der Waals surface area contributed by atoms with Crippen molar-refractivity contribution in [2.75, 3.05) is 25.1 Å². The monoisotopic (exact) mass is 297 g/mol. The van der Waals surface area contributed by atoms with Crippen LogP contribution in [0.3, 0.4) is 0 Å². The molecule has 3 heterocycles. The maximum absolute atomic E-state index is 5.97. The molecule has 6 nitrogen and oxygen atoms in total. The van der Waals surface area contributed by atoms with Crippen LogP contribution >= 0.6 is 11.6 Å². The highest BCUT2D eigenvalue weighted by Crippen LogP contribution is 2.28. The van der Waals surface area contributed by atoms with E-state index in [2.05, 4.69) is 25.2 Å². The highest BCUT2D eigenvalue weighted by molar-refractivity contribution is 6.28. The molecule has 0 amide bonds. The summed E-state index contributed by atoms with van der Waals surface area (Å²) in [6, 6.07) is 1.25. The average molecular weight is 298 g/mol. The zero-order valence-corrected chi connectivity index (χ0v) is 12.4. The smallest absolute Gasteiger partial charge is 0.322 e. The van der Waals surface area contributed by atoms with Crippen molar-refractivity contribution in [3.05, 3.63) is 5.28 Å². The van der Waals surface area contributed by atoms with Crippen molar-refractivity contribution >= 4 is 17.5 Å². The van der Waals surface area contributed by atoms with E-state index in [1.54, 1.807) is 7.11 Å². The summed E-state index contributed by atoms with van der Waals surface area (Å²) >= 11 is 5.97. The molecule has 3 rings (SSSR count). The van der Waals surface area contributed by atoms with E-state index in [1.165, 1.54) is 25.7 Å². The van der Waals surface area contributed by atoms with Gasteiger partial charge in [0.1, 0.15) is 0 Å². The van der Waals surface area contributed by atoms with Gasteiger partial charge in [-0.1, -0.05) is 0 Å². The molecule has 2 unspecified atom stereocenters. The van der Waals surface area contributed by atoms with Gasteiger partial charge in [-0.2, -0.15) is 15.0 Å². The maximum atomic E-state index is 5.97. The summed E-state index contributed by atoms with van der Waals surface area (Å²) in [4.78, 5) is 14.9. The Bertz CT molecular complexity index is 466. The third-order valence-corrected chi connectivity index (χ3v) is 4.30. The largest absolute Gasteiger partial charge is 0.467 e. The molecule has 0 aliphatic carbocycles. The fourth-order valence-corrected chi connectivity index (χ4v) is 3.35. The Morgan fingerprint density at radius 1 is 1.20 bits per heavy atom. The first-order valence-electron chi connectivity index (χ1n) is 7.23. The number of ether oxygens (including phenoxy) is 1. The maximum Gasteiger partial charge on any atom is 0.322 e. The lowest BCUT2D eigenvalue weighted by molar-refractivity contribution is 0.360. The number of methoxy groups -OCH3 is 1. The number of nitrogens with one attached hydrogen (secondary N) is 1. The van der Waals surface area contributed by atoms with Crippen molar-refractivity contribution in [3.8, 4) is 6.01 Å². The van der Waals surface area contributed by atoms with E-state index < -0.39 is 0 Å². The quantitative estimate of drug-likeness (QED) is 0.915. The van der Waals surface area contributed by atoms with Crippen LogP contribution in [-0.2, 0) is 0 Å². The van der Waals surface area contributed by atoms with Gasteiger partial charge in [0.05, 0.1) is 7.11 Å². The fraction of sp³-hybridized carbons (Fsp3) is 0.769. The molecule has 2 aliphatic rings. The van der Waals surface area contributed by atoms with E-state index in [9.17, 15) is 0 Å². The van der Waals surface area contributed by atoms with Gasteiger partial charge in [-0.3, -0.25) is 0 Å². The Labute approximate surface area is 123 Å². The SMILES string of the molecule is COc1nc(Cl)nc(N2CCCCC2C2CCCN2)n1. The minimum atomic E-state index is 0.190. The van der Waals surface area contributed by atoms with Crippen molar-refractivity contribution in [3.63, 3.8) is 0 Å². The van der Waals surface area contributed by atoms with Gasteiger partial charge in [0.25, 0.3) is 0 Å². The molecule has 2 atom stereocenters. The number of piperidine rings is 1. The Morgan fingerprint density at radius 2 is 2.10 bits per heavy atom. The highest BCUT2D eigenvalue weighted by Gasteiger charge is 2.33. The van der Waals surface area contributed by atoms with E-state index in [0.717, 1.165) is 19.5 Å². The molecule has 2 aliphatic heterocycles. The van der Waals surface area contributed by atoms with Crippen LogP contribution in [0.4, 0.5) is 5.95 Å². The van der Waals surface area contributed by atoms with Crippen LogP contribution in [0.5, 0.6) is 6.01 Å². The summed E-state index contributed by atoms with van der Waals surface area (Å²) in [5.74, 6) is 0.639. The number of halogens is 1. The van der Waals surface area contributed by atoms with E-state index in [-0.39, 0.29) is 11.3 Å². The van der Waals surface area contributed by atoms with E-state index in [4.69, 9.17) is 16.3 Å². The minimum absolute atomic E-state index is 0.190. The van der Waals surface area contributed by atoms with Crippen LogP contribution in [0.2, 0.25) is 5.28 Å². The second-order valence-electron chi connectivity index (χ2n) is 5.35. The second kappa shape index (κ2) is 6.10. The molecule has 7 heteroatoms. The van der Waals surface area contributed by atoms with Crippen molar-refractivity contribution in [1.82, 2.24) is 20.3 Å². The van der Waals surface area contributed by atoms with Crippen LogP contribution in [0.15, 0.2) is 0 Å². The number of hydrogen-bond donors (Lipinski definition) is 1.